The second kappa shape index (κ2) is 3.76. The van der Waals surface area contributed by atoms with Crippen LogP contribution in [0.3, 0.4) is 0 Å². The van der Waals surface area contributed by atoms with Gasteiger partial charge in [0.05, 0.1) is 14.4 Å². The third-order valence-corrected chi connectivity index (χ3v) is 4.38. The van der Waals surface area contributed by atoms with Crippen LogP contribution in [0.5, 0.6) is 0 Å². The van der Waals surface area contributed by atoms with E-state index in [1.165, 1.54) is 27.3 Å². The Hall–Kier alpha value is -0.610. The van der Waals surface area contributed by atoms with Gasteiger partial charge in [-0.3, -0.25) is 0 Å². The number of aromatic nitrogens is 2. The van der Waals surface area contributed by atoms with Crippen molar-refractivity contribution in [1.29, 1.82) is 0 Å². The fraction of sp³-hybridized carbons (Fsp3) is 0.364. The molecule has 0 spiro atoms. The minimum atomic E-state index is 1.13. The van der Waals surface area contributed by atoms with Crippen LogP contribution in [0, 0.1) is 0 Å². The van der Waals surface area contributed by atoms with Gasteiger partial charge in [0.25, 0.3) is 0 Å². The van der Waals surface area contributed by atoms with Crippen molar-refractivity contribution in [2.75, 3.05) is 0 Å². The molecule has 0 saturated carbocycles. The van der Waals surface area contributed by atoms with Crippen LogP contribution in [-0.2, 0) is 13.0 Å². The third-order valence-electron chi connectivity index (χ3n) is 2.73. The molecule has 1 aliphatic rings. The van der Waals surface area contributed by atoms with Crippen LogP contribution in [0.25, 0.3) is 10.6 Å². The van der Waals surface area contributed by atoms with Crippen LogP contribution in [0.4, 0.5) is 0 Å². The largest absolute Gasteiger partial charge is 0.334 e. The number of imidazole rings is 1. The Kier molecular flexibility index (Phi) is 2.41. The van der Waals surface area contributed by atoms with Gasteiger partial charge in [0.2, 0.25) is 0 Å². The normalized spacial score (nSPS) is 15.3. The molecule has 2 aromatic rings. The second-order valence-corrected chi connectivity index (χ2v) is 6.26. The van der Waals surface area contributed by atoms with E-state index in [-0.39, 0.29) is 0 Å². The lowest BCUT2D eigenvalue weighted by molar-refractivity contribution is 0.522. The summed E-state index contributed by atoms with van der Waals surface area (Å²) >= 11 is 5.23. The lowest BCUT2D eigenvalue weighted by atomic mass is 10.2. The molecule has 4 heteroatoms. The maximum absolute atomic E-state index is 4.69. The first-order valence-corrected chi connectivity index (χ1v) is 6.75. The summed E-state index contributed by atoms with van der Waals surface area (Å²) in [6, 6.07) is 4.21. The molecule has 2 aromatic heterocycles. The highest BCUT2D eigenvalue weighted by molar-refractivity contribution is 9.11. The highest BCUT2D eigenvalue weighted by Gasteiger charge is 2.13. The molecule has 3 heterocycles. The first-order valence-electron chi connectivity index (χ1n) is 5.15. The summed E-state index contributed by atoms with van der Waals surface area (Å²) in [5, 5.41) is 0. The Morgan fingerprint density at radius 2 is 2.27 bits per heavy atom. The Bertz CT molecular complexity index is 463. The number of hydrogen-bond acceptors (Lipinski definition) is 2. The number of nitrogens with zero attached hydrogens (tertiary/aromatic N) is 2. The van der Waals surface area contributed by atoms with Gasteiger partial charge < -0.3 is 4.57 Å². The van der Waals surface area contributed by atoms with Crippen LogP contribution in [-0.4, -0.2) is 9.55 Å². The molecule has 3 rings (SSSR count). The first-order chi connectivity index (χ1) is 7.33. The zero-order chi connectivity index (χ0) is 10.3. The smallest absolute Gasteiger partial charge is 0.109 e. The van der Waals surface area contributed by atoms with E-state index >= 15 is 0 Å². The molecule has 0 aliphatic carbocycles. The maximum Gasteiger partial charge on any atom is 0.109 e. The van der Waals surface area contributed by atoms with E-state index in [0.29, 0.717) is 0 Å². The van der Waals surface area contributed by atoms with E-state index in [4.69, 9.17) is 0 Å². The fourth-order valence-electron chi connectivity index (χ4n) is 1.98. The highest BCUT2D eigenvalue weighted by Crippen LogP contribution is 2.31. The second-order valence-electron chi connectivity index (χ2n) is 3.80. The summed E-state index contributed by atoms with van der Waals surface area (Å²) in [5.41, 5.74) is 1.13. The van der Waals surface area contributed by atoms with Crippen molar-refractivity contribution in [2.45, 2.75) is 25.8 Å². The van der Waals surface area contributed by atoms with Crippen molar-refractivity contribution >= 4 is 27.3 Å². The van der Waals surface area contributed by atoms with E-state index in [2.05, 4.69) is 43.8 Å². The molecule has 0 saturated heterocycles. The summed E-state index contributed by atoms with van der Waals surface area (Å²) in [4.78, 5) is 5.94. The van der Waals surface area contributed by atoms with Crippen molar-refractivity contribution in [3.05, 3.63) is 27.9 Å². The molecule has 1 aliphatic heterocycles. The Balaban J connectivity index is 2.02. The van der Waals surface area contributed by atoms with E-state index < -0.39 is 0 Å². The predicted octanol–water partition coefficient (Wildman–Crippen LogP) is 3.71. The van der Waals surface area contributed by atoms with Crippen molar-refractivity contribution in [2.24, 2.45) is 0 Å². The monoisotopic (exact) mass is 282 g/mol. The molecule has 0 unspecified atom stereocenters. The number of fused-ring (bicyclic) bond motifs is 1. The summed E-state index contributed by atoms with van der Waals surface area (Å²) < 4.78 is 3.47. The van der Waals surface area contributed by atoms with Gasteiger partial charge in [-0.25, -0.2) is 4.98 Å². The quantitative estimate of drug-likeness (QED) is 0.780. The van der Waals surface area contributed by atoms with Gasteiger partial charge >= 0.3 is 0 Å². The number of halogens is 1. The van der Waals surface area contributed by atoms with Gasteiger partial charge in [-0.2, -0.15) is 0 Å². The molecular weight excluding hydrogens is 272 g/mol. The number of aryl methyl sites for hydroxylation is 2. The molecule has 0 aromatic carbocycles. The van der Waals surface area contributed by atoms with Crippen LogP contribution in [0.2, 0.25) is 0 Å². The summed E-state index contributed by atoms with van der Waals surface area (Å²) in [5.74, 6) is 1.25. The van der Waals surface area contributed by atoms with Gasteiger partial charge in [-0.05, 0) is 40.9 Å². The van der Waals surface area contributed by atoms with Crippen LogP contribution < -0.4 is 0 Å². The predicted molar refractivity (Wildman–Crippen MR) is 66.2 cm³/mol. The summed E-state index contributed by atoms with van der Waals surface area (Å²) in [6.07, 6.45) is 5.89. The minimum absolute atomic E-state index is 1.13. The molecule has 15 heavy (non-hydrogen) atoms. The minimum Gasteiger partial charge on any atom is -0.334 e. The van der Waals surface area contributed by atoms with Crippen molar-refractivity contribution in [3.63, 3.8) is 0 Å². The fourth-order valence-corrected chi connectivity index (χ4v) is 3.32. The Morgan fingerprint density at radius 1 is 1.33 bits per heavy atom. The molecular formula is C11H11BrN2S. The first kappa shape index (κ1) is 9.60. The maximum atomic E-state index is 4.69. The zero-order valence-corrected chi connectivity index (χ0v) is 10.6. The molecule has 0 radical (unpaired) electrons. The van der Waals surface area contributed by atoms with Gasteiger partial charge in [0.15, 0.2) is 0 Å². The van der Waals surface area contributed by atoms with Crippen LogP contribution >= 0.6 is 27.3 Å². The van der Waals surface area contributed by atoms with Crippen molar-refractivity contribution in [3.8, 4) is 10.6 Å². The van der Waals surface area contributed by atoms with Gasteiger partial charge in [-0.15, -0.1) is 11.3 Å². The van der Waals surface area contributed by atoms with Gasteiger partial charge in [0, 0.05) is 19.2 Å². The van der Waals surface area contributed by atoms with Crippen molar-refractivity contribution in [1.82, 2.24) is 9.55 Å². The SMILES string of the molecule is Brc1ccc(-c2cn3c(n2)CCCC3)s1. The standard InChI is InChI=1S/C11H11BrN2S/c12-10-5-4-9(15-10)8-7-14-6-2-1-3-11(14)13-8/h4-5,7H,1-3,6H2. The van der Waals surface area contributed by atoms with Gasteiger partial charge in [0.1, 0.15) is 5.82 Å². The molecule has 78 valence electrons. The highest BCUT2D eigenvalue weighted by atomic mass is 79.9. The molecule has 0 N–H and O–H groups in total. The van der Waals surface area contributed by atoms with Crippen LogP contribution in [0.1, 0.15) is 18.7 Å². The molecule has 0 atom stereocenters. The number of hydrogen-bond donors (Lipinski definition) is 0. The molecule has 2 nitrogen and oxygen atoms in total. The van der Waals surface area contributed by atoms with Crippen LogP contribution in [0.15, 0.2) is 22.1 Å². The Labute approximate surface area is 101 Å². The van der Waals surface area contributed by atoms with Gasteiger partial charge in [-0.1, -0.05) is 0 Å². The lowest BCUT2D eigenvalue weighted by Gasteiger charge is -2.11. The molecule has 0 bridgehead atoms. The van der Waals surface area contributed by atoms with E-state index in [1.54, 1.807) is 11.3 Å². The Morgan fingerprint density at radius 3 is 3.00 bits per heavy atom. The number of thiophene rings is 1. The lowest BCUT2D eigenvalue weighted by Crippen LogP contribution is -2.08. The number of rotatable bonds is 1. The van der Waals surface area contributed by atoms with E-state index in [0.717, 1.165) is 18.7 Å². The van der Waals surface area contributed by atoms with E-state index in [9.17, 15) is 0 Å². The average molecular weight is 283 g/mol. The summed E-state index contributed by atoms with van der Waals surface area (Å²) in [7, 11) is 0. The molecule has 0 fully saturated rings. The average Bonchev–Trinajstić information content (AvgIpc) is 2.82. The third kappa shape index (κ3) is 1.76. The summed E-state index contributed by atoms with van der Waals surface area (Å²) in [6.45, 7) is 1.13. The zero-order valence-electron chi connectivity index (χ0n) is 8.24. The topological polar surface area (TPSA) is 17.8 Å². The molecule has 0 amide bonds. The van der Waals surface area contributed by atoms with E-state index in [1.807, 2.05) is 0 Å². The van der Waals surface area contributed by atoms with Crippen molar-refractivity contribution < 1.29 is 0 Å².